The first-order chi connectivity index (χ1) is 23.9. The Labute approximate surface area is 304 Å². The molecule has 0 aliphatic carbocycles. The number of methoxy groups -OCH3 is 2. The van der Waals surface area contributed by atoms with Crippen molar-refractivity contribution in [2.24, 2.45) is 5.41 Å². The van der Waals surface area contributed by atoms with Gasteiger partial charge in [-0.25, -0.2) is 26.5 Å². The van der Waals surface area contributed by atoms with E-state index in [-0.39, 0.29) is 43.1 Å². The van der Waals surface area contributed by atoms with E-state index in [1.807, 2.05) is 6.92 Å². The van der Waals surface area contributed by atoms with Gasteiger partial charge in [0.05, 0.1) is 45.5 Å². The van der Waals surface area contributed by atoms with E-state index < -0.39 is 83.4 Å². The molecular formula is C34H42ClF3N4O7S2. The molecule has 3 unspecified atom stereocenters. The molecule has 2 aromatic carbocycles. The maximum Gasteiger partial charge on any atom is 0.307 e. The highest BCUT2D eigenvalue weighted by molar-refractivity contribution is 7.92. The molecule has 1 aromatic heterocycles. The lowest BCUT2D eigenvalue weighted by Gasteiger charge is -2.36. The number of anilines is 2. The van der Waals surface area contributed by atoms with Gasteiger partial charge < -0.3 is 23.7 Å². The minimum Gasteiger partial charge on any atom is -0.598 e. The predicted octanol–water partition coefficient (Wildman–Crippen LogP) is 6.16. The van der Waals surface area contributed by atoms with Gasteiger partial charge in [0.25, 0.3) is 10.0 Å². The van der Waals surface area contributed by atoms with Gasteiger partial charge in [0.1, 0.15) is 32.9 Å². The Kier molecular flexibility index (Phi) is 12.7. The summed E-state index contributed by atoms with van der Waals surface area (Å²) >= 11 is 4.93. The maximum absolute atomic E-state index is 16.3. The minimum atomic E-state index is -5.15. The number of hydrogen-bond acceptors (Lipinski definition) is 10. The Balaban J connectivity index is 1.74. The van der Waals surface area contributed by atoms with Crippen LogP contribution in [-0.4, -0.2) is 68.6 Å². The van der Waals surface area contributed by atoms with E-state index in [4.69, 9.17) is 25.8 Å². The van der Waals surface area contributed by atoms with Crippen molar-refractivity contribution in [1.82, 2.24) is 9.71 Å². The molecule has 17 heteroatoms. The third-order valence-corrected chi connectivity index (χ3v) is 12.3. The predicted molar refractivity (Wildman–Crippen MR) is 189 cm³/mol. The van der Waals surface area contributed by atoms with E-state index in [2.05, 4.69) is 9.71 Å². The average Bonchev–Trinajstić information content (AvgIpc) is 3.47. The van der Waals surface area contributed by atoms with Crippen LogP contribution in [0, 0.1) is 23.0 Å². The number of carbonyl (C=O) groups excluding carboxylic acids is 1. The van der Waals surface area contributed by atoms with Crippen molar-refractivity contribution in [2.45, 2.75) is 69.7 Å². The number of nitrogens with one attached hydrogen (secondary N) is 1. The molecule has 1 fully saturated rings. The Morgan fingerprint density at radius 3 is 2.49 bits per heavy atom. The van der Waals surface area contributed by atoms with E-state index >= 15 is 8.78 Å². The molecule has 1 saturated heterocycles. The van der Waals surface area contributed by atoms with Gasteiger partial charge in [-0.3, -0.25) is 4.79 Å². The van der Waals surface area contributed by atoms with Crippen LogP contribution in [0.4, 0.5) is 24.7 Å². The van der Waals surface area contributed by atoms with Gasteiger partial charge in [0.2, 0.25) is 5.95 Å². The molecule has 0 radical (unpaired) electrons. The van der Waals surface area contributed by atoms with Crippen LogP contribution in [0.3, 0.4) is 0 Å². The quantitative estimate of drug-likeness (QED) is 0.0880. The van der Waals surface area contributed by atoms with Crippen molar-refractivity contribution in [1.29, 1.82) is 0 Å². The van der Waals surface area contributed by atoms with E-state index in [1.165, 1.54) is 44.6 Å². The fraction of sp³-hybridized carbons (Fsp3) is 0.471. The molecule has 0 amide bonds. The second kappa shape index (κ2) is 16.1. The Morgan fingerprint density at radius 1 is 1.18 bits per heavy atom. The number of pyridine rings is 1. The van der Waals surface area contributed by atoms with Gasteiger partial charge in [0, 0.05) is 47.6 Å². The summed E-state index contributed by atoms with van der Waals surface area (Å²) in [7, 11) is -2.37. The summed E-state index contributed by atoms with van der Waals surface area (Å²) in [5.41, 5.74) is -0.619. The molecular weight excluding hydrogens is 733 g/mol. The Morgan fingerprint density at radius 2 is 1.88 bits per heavy atom. The lowest BCUT2D eigenvalue weighted by Crippen LogP contribution is -2.53. The van der Waals surface area contributed by atoms with Crippen LogP contribution in [0.2, 0.25) is 5.02 Å². The first kappa shape index (κ1) is 40.3. The zero-order valence-electron chi connectivity index (χ0n) is 29.4. The third-order valence-electron chi connectivity index (χ3n) is 8.58. The SMILES string of the molecule is CCOC(=O)CC(N[S+]([O-])C(C)(C)C)C1(C)CCN(c2cc(F)c(S(=O)(=O)N(Cc3ccc(OC)cc3OC)c3cccc(F)n3)c(F)c2Cl)C1. The van der Waals surface area contributed by atoms with Gasteiger partial charge in [-0.05, 0) is 58.4 Å². The average molecular weight is 775 g/mol. The van der Waals surface area contributed by atoms with Crippen LogP contribution in [-0.2, 0) is 37.5 Å². The molecule has 2 heterocycles. The van der Waals surface area contributed by atoms with Gasteiger partial charge in [-0.15, -0.1) is 4.72 Å². The molecule has 1 aliphatic heterocycles. The topological polar surface area (TPSA) is 133 Å². The number of esters is 1. The molecule has 0 bridgehead atoms. The number of halogens is 4. The number of carbonyl (C=O) groups is 1. The van der Waals surface area contributed by atoms with E-state index in [1.54, 1.807) is 32.6 Å². The Hall–Kier alpha value is -3.44. The number of sulfonamides is 1. The van der Waals surface area contributed by atoms with Gasteiger partial charge in [-0.2, -0.15) is 4.39 Å². The third kappa shape index (κ3) is 8.96. The number of rotatable bonds is 14. The van der Waals surface area contributed by atoms with Crippen molar-refractivity contribution < 1.29 is 45.1 Å². The molecule has 51 heavy (non-hydrogen) atoms. The van der Waals surface area contributed by atoms with E-state index in [0.29, 0.717) is 16.5 Å². The standard InChI is InChI=1S/C34H42ClF3N4O7S2/c1-8-49-29(43)18-26(40-50(44)33(2,3)4)34(5)14-15-41(20-34)24-17-23(36)32(31(38)30(24)35)51(45,46)42(28-11-9-10-27(37)39-28)19-21-12-13-22(47-6)16-25(21)48-7/h9-13,16-17,26,40H,8,14-15,18-20H2,1-7H3. The molecule has 3 atom stereocenters. The van der Waals surface area contributed by atoms with Crippen molar-refractivity contribution in [2.75, 3.05) is 43.1 Å². The highest BCUT2D eigenvalue weighted by Crippen LogP contribution is 2.43. The van der Waals surface area contributed by atoms with Gasteiger partial charge in [-0.1, -0.05) is 24.6 Å². The smallest absolute Gasteiger partial charge is 0.307 e. The zero-order valence-corrected chi connectivity index (χ0v) is 31.8. The van der Waals surface area contributed by atoms with Crippen molar-refractivity contribution in [3.63, 3.8) is 0 Å². The molecule has 0 saturated carbocycles. The van der Waals surface area contributed by atoms with Gasteiger partial charge in [0.15, 0.2) is 10.7 Å². The summed E-state index contributed by atoms with van der Waals surface area (Å²) in [5, 5.41) is -0.665. The molecule has 280 valence electrons. The van der Waals surface area contributed by atoms with Crippen molar-refractivity contribution in [3.05, 3.63) is 70.6 Å². The zero-order chi connectivity index (χ0) is 37.9. The second-order valence-electron chi connectivity index (χ2n) is 13.2. The molecule has 11 nitrogen and oxygen atoms in total. The lowest BCUT2D eigenvalue weighted by molar-refractivity contribution is -0.144. The van der Waals surface area contributed by atoms with Crippen LogP contribution in [0.15, 0.2) is 47.4 Å². The first-order valence-electron chi connectivity index (χ1n) is 16.0. The van der Waals surface area contributed by atoms with Crippen LogP contribution >= 0.6 is 11.6 Å². The molecule has 4 rings (SSSR count). The maximum atomic E-state index is 16.3. The van der Waals surface area contributed by atoms with E-state index in [9.17, 15) is 22.2 Å². The monoisotopic (exact) mass is 774 g/mol. The van der Waals surface area contributed by atoms with Crippen molar-refractivity contribution in [3.8, 4) is 11.5 Å². The lowest BCUT2D eigenvalue weighted by atomic mass is 9.80. The largest absolute Gasteiger partial charge is 0.598 e. The highest BCUT2D eigenvalue weighted by Gasteiger charge is 2.46. The normalized spacial score (nSPS) is 17.6. The second-order valence-corrected chi connectivity index (χ2v) is 17.4. The highest BCUT2D eigenvalue weighted by atomic mass is 35.5. The molecule has 1 aliphatic rings. The Bertz CT molecular complexity index is 1850. The summed E-state index contributed by atoms with van der Waals surface area (Å²) in [4.78, 5) is 16.5. The minimum absolute atomic E-state index is 0.115. The number of ether oxygens (including phenoxy) is 3. The molecule has 3 aromatic rings. The number of aromatic nitrogens is 1. The number of benzene rings is 2. The fourth-order valence-corrected chi connectivity index (χ4v) is 8.52. The van der Waals surface area contributed by atoms with Crippen LogP contribution in [0.25, 0.3) is 0 Å². The number of nitrogens with zero attached hydrogens (tertiary/aromatic N) is 3. The summed E-state index contributed by atoms with van der Waals surface area (Å²) in [6.45, 7) is 8.79. The first-order valence-corrected chi connectivity index (χ1v) is 18.9. The summed E-state index contributed by atoms with van der Waals surface area (Å²) < 4.78 is 107. The summed E-state index contributed by atoms with van der Waals surface area (Å²) in [6, 6.07) is 8.07. The van der Waals surface area contributed by atoms with E-state index in [0.717, 1.165) is 12.1 Å². The fourth-order valence-electron chi connectivity index (χ4n) is 5.70. The van der Waals surface area contributed by atoms with Crippen LogP contribution in [0.1, 0.15) is 53.0 Å². The summed E-state index contributed by atoms with van der Waals surface area (Å²) in [6.07, 6.45) is 0.282. The van der Waals surface area contributed by atoms with Crippen molar-refractivity contribution >= 4 is 50.5 Å². The molecule has 1 N–H and O–H groups in total. The summed E-state index contributed by atoms with van der Waals surface area (Å²) in [5.74, 6) is -4.39. The van der Waals surface area contributed by atoms with Crippen LogP contribution in [0.5, 0.6) is 11.5 Å². The van der Waals surface area contributed by atoms with Crippen LogP contribution < -0.4 is 23.4 Å². The van der Waals surface area contributed by atoms with Gasteiger partial charge >= 0.3 is 5.97 Å². The molecule has 0 spiro atoms. The number of hydrogen-bond donors (Lipinski definition) is 1.